The van der Waals surface area contributed by atoms with Crippen molar-refractivity contribution in [2.75, 3.05) is 25.0 Å². The summed E-state index contributed by atoms with van der Waals surface area (Å²) in [4.78, 5) is 15.0. The third-order valence-corrected chi connectivity index (χ3v) is 5.63. The fraction of sp³-hybridized carbons (Fsp3) is 0.682. The molecule has 0 spiro atoms. The molecule has 3 rings (SSSR count). The van der Waals surface area contributed by atoms with Crippen molar-refractivity contribution >= 4 is 11.8 Å². The number of anilines is 1. The Morgan fingerprint density at radius 3 is 2.85 bits per heavy atom. The first-order chi connectivity index (χ1) is 13.2. The van der Waals surface area contributed by atoms with Crippen molar-refractivity contribution in [1.29, 1.82) is 0 Å². The van der Waals surface area contributed by atoms with Gasteiger partial charge in [0.1, 0.15) is 11.9 Å². The lowest BCUT2D eigenvalue weighted by Gasteiger charge is -2.39. The first kappa shape index (κ1) is 20.0. The Kier molecular flexibility index (Phi) is 7.81. The molecular weight excluding hydrogens is 340 g/mol. The Labute approximate surface area is 163 Å². The van der Waals surface area contributed by atoms with E-state index in [1.165, 1.54) is 38.8 Å². The van der Waals surface area contributed by atoms with Crippen LogP contribution in [0.1, 0.15) is 64.7 Å². The lowest BCUT2D eigenvalue weighted by Crippen LogP contribution is -2.44. The first-order valence-electron chi connectivity index (χ1n) is 10.7. The second-order valence-electron chi connectivity index (χ2n) is 7.80. The largest absolute Gasteiger partial charge is 0.494 e. The zero-order valence-electron chi connectivity index (χ0n) is 16.6. The van der Waals surface area contributed by atoms with Crippen LogP contribution >= 0.6 is 0 Å². The van der Waals surface area contributed by atoms with Crippen molar-refractivity contribution in [1.82, 2.24) is 4.90 Å². The van der Waals surface area contributed by atoms with Crippen molar-refractivity contribution in [2.24, 2.45) is 0 Å². The molecule has 1 aliphatic heterocycles. The number of benzene rings is 1. The Morgan fingerprint density at radius 1 is 1.19 bits per heavy atom. The molecule has 2 unspecified atom stereocenters. The number of piperidine rings is 1. The predicted octanol–water partition coefficient (Wildman–Crippen LogP) is 5.21. The lowest BCUT2D eigenvalue weighted by molar-refractivity contribution is 0.0391. The average Bonchev–Trinajstić information content (AvgIpc) is 2.69. The molecule has 1 aromatic rings. The van der Waals surface area contributed by atoms with Crippen LogP contribution in [0.3, 0.4) is 0 Å². The van der Waals surface area contributed by atoms with Gasteiger partial charge in [0, 0.05) is 24.2 Å². The Hall–Kier alpha value is -1.75. The van der Waals surface area contributed by atoms with Crippen LogP contribution in [0, 0.1) is 0 Å². The molecule has 1 saturated carbocycles. The van der Waals surface area contributed by atoms with E-state index >= 15 is 0 Å². The summed E-state index contributed by atoms with van der Waals surface area (Å²) in [6.07, 6.45) is 10.1. The van der Waals surface area contributed by atoms with Crippen LogP contribution in [0.4, 0.5) is 10.5 Å². The smallest absolute Gasteiger partial charge is 0.411 e. The number of likely N-dealkylation sites (tertiary alicyclic amines) is 1. The number of nitrogens with zero attached hydrogens (tertiary/aromatic N) is 1. The zero-order valence-corrected chi connectivity index (χ0v) is 16.6. The van der Waals surface area contributed by atoms with Gasteiger partial charge in [0.15, 0.2) is 0 Å². The molecule has 150 valence electrons. The summed E-state index contributed by atoms with van der Waals surface area (Å²) >= 11 is 0. The second kappa shape index (κ2) is 10.5. The summed E-state index contributed by atoms with van der Waals surface area (Å²) in [5.41, 5.74) is 0.720. The molecule has 1 saturated heterocycles. The monoisotopic (exact) mass is 374 g/mol. The van der Waals surface area contributed by atoms with Crippen LogP contribution in [0.15, 0.2) is 24.3 Å². The summed E-state index contributed by atoms with van der Waals surface area (Å²) in [5.74, 6) is 0.782. The zero-order chi connectivity index (χ0) is 18.9. The topological polar surface area (TPSA) is 50.8 Å². The van der Waals surface area contributed by atoms with Crippen molar-refractivity contribution < 1.29 is 14.3 Å². The van der Waals surface area contributed by atoms with Crippen molar-refractivity contribution in [3.8, 4) is 5.75 Å². The summed E-state index contributed by atoms with van der Waals surface area (Å²) < 4.78 is 11.4. The van der Waals surface area contributed by atoms with Gasteiger partial charge in [-0.2, -0.15) is 0 Å². The maximum atomic E-state index is 12.3. The fourth-order valence-electron chi connectivity index (χ4n) is 4.14. The Bertz CT molecular complexity index is 587. The van der Waals surface area contributed by atoms with Gasteiger partial charge in [-0.1, -0.05) is 25.8 Å². The number of hydrogen-bond donors (Lipinski definition) is 1. The fourth-order valence-corrected chi connectivity index (χ4v) is 4.14. The number of hydrogen-bond acceptors (Lipinski definition) is 4. The normalized spacial score (nSPS) is 23.6. The van der Waals surface area contributed by atoms with Gasteiger partial charge in [-0.15, -0.1) is 0 Å². The van der Waals surface area contributed by atoms with E-state index in [-0.39, 0.29) is 12.2 Å². The van der Waals surface area contributed by atoms with Gasteiger partial charge < -0.3 is 14.4 Å². The summed E-state index contributed by atoms with van der Waals surface area (Å²) in [6.45, 7) is 5.24. The minimum atomic E-state index is -0.356. The third kappa shape index (κ3) is 6.42. The maximum absolute atomic E-state index is 12.3. The van der Waals surface area contributed by atoms with E-state index in [0.29, 0.717) is 12.6 Å². The number of unbranched alkanes of at least 4 members (excludes halogenated alkanes) is 1. The van der Waals surface area contributed by atoms with E-state index in [9.17, 15) is 4.79 Å². The number of carbonyl (C=O) groups is 1. The summed E-state index contributed by atoms with van der Waals surface area (Å²) in [5, 5.41) is 2.86. The van der Waals surface area contributed by atoms with Crippen LogP contribution < -0.4 is 10.1 Å². The highest BCUT2D eigenvalue weighted by atomic mass is 16.6. The molecule has 0 radical (unpaired) electrons. The van der Waals surface area contributed by atoms with E-state index in [2.05, 4.69) is 17.1 Å². The maximum Gasteiger partial charge on any atom is 0.411 e. The number of amides is 1. The quantitative estimate of drug-likeness (QED) is 0.666. The molecule has 1 amide bonds. The van der Waals surface area contributed by atoms with Crippen LogP contribution in [-0.2, 0) is 4.74 Å². The number of carbonyl (C=O) groups excluding carboxylic acids is 1. The minimum Gasteiger partial charge on any atom is -0.494 e. The first-order valence-corrected chi connectivity index (χ1v) is 10.7. The highest BCUT2D eigenvalue weighted by Crippen LogP contribution is 2.28. The van der Waals surface area contributed by atoms with E-state index in [1.54, 1.807) is 0 Å². The SMILES string of the molecule is CCCCOc1cccc(NC(=O)OC2CCCC(N3CCCCC3)C2)c1. The van der Waals surface area contributed by atoms with Crippen molar-refractivity contribution in [3.63, 3.8) is 0 Å². The van der Waals surface area contributed by atoms with Gasteiger partial charge in [-0.25, -0.2) is 4.79 Å². The Balaban J connectivity index is 1.46. The summed E-state index contributed by atoms with van der Waals surface area (Å²) in [7, 11) is 0. The molecule has 2 fully saturated rings. The molecule has 1 aromatic carbocycles. The van der Waals surface area contributed by atoms with Crippen LogP contribution in [-0.4, -0.2) is 42.8 Å². The van der Waals surface area contributed by atoms with E-state index in [0.717, 1.165) is 43.5 Å². The highest BCUT2D eigenvalue weighted by Gasteiger charge is 2.29. The summed E-state index contributed by atoms with van der Waals surface area (Å²) in [6, 6.07) is 8.10. The molecule has 1 N–H and O–H groups in total. The second-order valence-corrected chi connectivity index (χ2v) is 7.80. The van der Waals surface area contributed by atoms with Gasteiger partial charge in [0.2, 0.25) is 0 Å². The molecule has 1 heterocycles. The van der Waals surface area contributed by atoms with E-state index in [4.69, 9.17) is 9.47 Å². The molecule has 1 aliphatic carbocycles. The van der Waals surface area contributed by atoms with Gasteiger partial charge in [0.25, 0.3) is 0 Å². The number of ether oxygens (including phenoxy) is 2. The predicted molar refractivity (Wildman–Crippen MR) is 108 cm³/mol. The molecular formula is C22H34N2O3. The van der Waals surface area contributed by atoms with Crippen LogP contribution in [0.25, 0.3) is 0 Å². The third-order valence-electron chi connectivity index (χ3n) is 5.63. The standard InChI is InChI=1S/C22H34N2O3/c1-2-3-15-26-20-11-7-9-18(16-20)23-22(25)27-21-12-8-10-19(17-21)24-13-5-4-6-14-24/h7,9,11,16,19,21H,2-6,8,10,12-15,17H2,1H3,(H,23,25). The highest BCUT2D eigenvalue weighted by molar-refractivity contribution is 5.84. The minimum absolute atomic E-state index is 0.0228. The van der Waals surface area contributed by atoms with E-state index in [1.807, 2.05) is 24.3 Å². The van der Waals surface area contributed by atoms with Gasteiger partial charge in [-0.05, 0) is 63.7 Å². The Morgan fingerprint density at radius 2 is 2.04 bits per heavy atom. The molecule has 2 atom stereocenters. The van der Waals surface area contributed by atoms with E-state index < -0.39 is 0 Å². The lowest BCUT2D eigenvalue weighted by atomic mass is 9.90. The average molecular weight is 375 g/mol. The molecule has 2 aliphatic rings. The van der Waals surface area contributed by atoms with Gasteiger partial charge in [0.05, 0.1) is 6.61 Å². The van der Waals surface area contributed by atoms with Gasteiger partial charge in [-0.3, -0.25) is 5.32 Å². The van der Waals surface area contributed by atoms with Crippen LogP contribution in [0.2, 0.25) is 0 Å². The molecule has 5 nitrogen and oxygen atoms in total. The molecule has 27 heavy (non-hydrogen) atoms. The van der Waals surface area contributed by atoms with Gasteiger partial charge >= 0.3 is 6.09 Å². The molecule has 5 heteroatoms. The van der Waals surface area contributed by atoms with Crippen molar-refractivity contribution in [2.45, 2.75) is 76.9 Å². The molecule has 0 bridgehead atoms. The number of nitrogens with one attached hydrogen (secondary N) is 1. The molecule has 0 aromatic heterocycles. The van der Waals surface area contributed by atoms with Crippen molar-refractivity contribution in [3.05, 3.63) is 24.3 Å². The van der Waals surface area contributed by atoms with Crippen LogP contribution in [0.5, 0.6) is 5.75 Å². The number of rotatable bonds is 7.